The molecule has 2 rings (SSSR count). The van der Waals surface area contributed by atoms with Crippen molar-refractivity contribution in [3.8, 4) is 6.07 Å². The van der Waals surface area contributed by atoms with Gasteiger partial charge >= 0.3 is 0 Å². The van der Waals surface area contributed by atoms with Gasteiger partial charge in [0, 0.05) is 32.1 Å². The predicted octanol–water partition coefficient (Wildman–Crippen LogP) is 1.31. The van der Waals surface area contributed by atoms with E-state index in [1.54, 1.807) is 6.07 Å². The summed E-state index contributed by atoms with van der Waals surface area (Å²) in [6, 6.07) is 5.67. The smallest absolute Gasteiger partial charge is 0.145 e. The Morgan fingerprint density at radius 3 is 3.06 bits per heavy atom. The maximum absolute atomic E-state index is 8.74. The Morgan fingerprint density at radius 1 is 1.50 bits per heavy atom. The van der Waals surface area contributed by atoms with Crippen molar-refractivity contribution in [3.05, 3.63) is 42.1 Å². The van der Waals surface area contributed by atoms with E-state index < -0.39 is 0 Å². The SMILES string of the molecule is CN(Cc1cc[nH]c1)c1cc(C#N)ncn1. The van der Waals surface area contributed by atoms with E-state index in [4.69, 9.17) is 5.26 Å². The maximum atomic E-state index is 8.74. The zero-order valence-corrected chi connectivity index (χ0v) is 8.88. The minimum absolute atomic E-state index is 0.380. The number of aromatic amines is 1. The van der Waals surface area contributed by atoms with E-state index in [2.05, 4.69) is 15.0 Å². The molecule has 0 atom stereocenters. The molecule has 0 saturated carbocycles. The van der Waals surface area contributed by atoms with E-state index in [1.807, 2.05) is 36.5 Å². The van der Waals surface area contributed by atoms with Gasteiger partial charge in [-0.3, -0.25) is 0 Å². The number of H-pyrrole nitrogens is 1. The van der Waals surface area contributed by atoms with Gasteiger partial charge in [0.05, 0.1) is 0 Å². The highest BCUT2D eigenvalue weighted by Gasteiger charge is 2.05. The highest BCUT2D eigenvalue weighted by Crippen LogP contribution is 2.12. The number of nitriles is 1. The molecule has 0 aliphatic heterocycles. The first kappa shape index (κ1) is 10.2. The molecule has 0 saturated heterocycles. The normalized spacial score (nSPS) is 9.75. The molecule has 0 aliphatic carbocycles. The number of hydrogen-bond donors (Lipinski definition) is 1. The highest BCUT2D eigenvalue weighted by molar-refractivity contribution is 5.41. The lowest BCUT2D eigenvalue weighted by molar-refractivity contribution is 0.890. The molecule has 0 aliphatic rings. The molecule has 2 aromatic rings. The molecule has 16 heavy (non-hydrogen) atoms. The average molecular weight is 213 g/mol. The number of anilines is 1. The molecule has 0 bridgehead atoms. The van der Waals surface area contributed by atoms with Gasteiger partial charge in [0.2, 0.25) is 0 Å². The van der Waals surface area contributed by atoms with E-state index in [1.165, 1.54) is 11.9 Å². The van der Waals surface area contributed by atoms with Crippen LogP contribution in [-0.2, 0) is 6.54 Å². The second kappa shape index (κ2) is 4.45. The third-order valence-electron chi connectivity index (χ3n) is 2.24. The minimum atomic E-state index is 0.380. The minimum Gasteiger partial charge on any atom is -0.367 e. The van der Waals surface area contributed by atoms with Gasteiger partial charge in [-0.2, -0.15) is 5.26 Å². The van der Waals surface area contributed by atoms with E-state index in [-0.39, 0.29) is 0 Å². The fraction of sp³-hybridized carbons (Fsp3) is 0.182. The summed E-state index contributed by atoms with van der Waals surface area (Å²) in [7, 11) is 1.93. The van der Waals surface area contributed by atoms with Crippen LogP contribution in [0.5, 0.6) is 0 Å². The molecule has 0 amide bonds. The third kappa shape index (κ3) is 2.17. The Bertz CT molecular complexity index is 497. The molecule has 5 heteroatoms. The molecule has 0 unspecified atom stereocenters. The third-order valence-corrected chi connectivity index (χ3v) is 2.24. The molecule has 0 spiro atoms. The number of aromatic nitrogens is 3. The Hall–Kier alpha value is -2.35. The second-order valence-corrected chi connectivity index (χ2v) is 3.45. The van der Waals surface area contributed by atoms with Gasteiger partial charge in [-0.25, -0.2) is 9.97 Å². The lowest BCUT2D eigenvalue weighted by Crippen LogP contribution is -2.17. The van der Waals surface area contributed by atoms with Gasteiger partial charge in [0.25, 0.3) is 0 Å². The van der Waals surface area contributed by atoms with Crippen LogP contribution in [0.4, 0.5) is 5.82 Å². The van der Waals surface area contributed by atoms with Gasteiger partial charge in [-0.15, -0.1) is 0 Å². The summed E-state index contributed by atoms with van der Waals surface area (Å²) < 4.78 is 0. The summed E-state index contributed by atoms with van der Waals surface area (Å²) >= 11 is 0. The molecule has 80 valence electrons. The molecule has 0 fully saturated rings. The van der Waals surface area contributed by atoms with Crippen molar-refractivity contribution in [2.75, 3.05) is 11.9 Å². The van der Waals surface area contributed by atoms with Crippen LogP contribution in [0.15, 0.2) is 30.9 Å². The molecule has 5 nitrogen and oxygen atoms in total. The van der Waals surface area contributed by atoms with E-state index >= 15 is 0 Å². The van der Waals surface area contributed by atoms with Crippen molar-refractivity contribution >= 4 is 5.82 Å². The largest absolute Gasteiger partial charge is 0.367 e. The fourth-order valence-electron chi connectivity index (χ4n) is 1.43. The zero-order chi connectivity index (χ0) is 11.4. The van der Waals surface area contributed by atoms with Crippen LogP contribution in [0.3, 0.4) is 0 Å². The average Bonchev–Trinajstić information content (AvgIpc) is 2.82. The van der Waals surface area contributed by atoms with Crippen LogP contribution >= 0.6 is 0 Å². The molecule has 0 radical (unpaired) electrons. The zero-order valence-electron chi connectivity index (χ0n) is 8.88. The Morgan fingerprint density at radius 2 is 2.38 bits per heavy atom. The molecular weight excluding hydrogens is 202 g/mol. The number of rotatable bonds is 3. The van der Waals surface area contributed by atoms with Crippen LogP contribution in [0.1, 0.15) is 11.3 Å². The van der Waals surface area contributed by atoms with Crippen LogP contribution in [0.25, 0.3) is 0 Å². The van der Waals surface area contributed by atoms with Gasteiger partial charge < -0.3 is 9.88 Å². The van der Waals surface area contributed by atoms with Crippen LogP contribution in [0, 0.1) is 11.3 Å². The predicted molar refractivity (Wildman–Crippen MR) is 59.6 cm³/mol. The highest BCUT2D eigenvalue weighted by atomic mass is 15.2. The summed E-state index contributed by atoms with van der Waals surface area (Å²) in [5.41, 5.74) is 1.55. The second-order valence-electron chi connectivity index (χ2n) is 3.45. The number of nitrogens with one attached hydrogen (secondary N) is 1. The van der Waals surface area contributed by atoms with Crippen molar-refractivity contribution < 1.29 is 0 Å². The standard InChI is InChI=1S/C11H11N5/c1-16(7-9-2-3-13-6-9)11-4-10(5-12)14-8-15-11/h2-4,6,8,13H,7H2,1H3. The molecule has 0 aromatic carbocycles. The van der Waals surface area contributed by atoms with Crippen molar-refractivity contribution in [2.45, 2.75) is 6.54 Å². The van der Waals surface area contributed by atoms with Crippen molar-refractivity contribution in [1.29, 1.82) is 5.26 Å². The maximum Gasteiger partial charge on any atom is 0.145 e. The summed E-state index contributed by atoms with van der Waals surface area (Å²) in [6.45, 7) is 0.741. The van der Waals surface area contributed by atoms with E-state index in [0.29, 0.717) is 5.69 Å². The van der Waals surface area contributed by atoms with Crippen LogP contribution in [0.2, 0.25) is 0 Å². The van der Waals surface area contributed by atoms with E-state index in [9.17, 15) is 0 Å². The van der Waals surface area contributed by atoms with E-state index in [0.717, 1.165) is 12.4 Å². The van der Waals surface area contributed by atoms with Gasteiger partial charge in [0.15, 0.2) is 0 Å². The van der Waals surface area contributed by atoms with Gasteiger partial charge in [-0.05, 0) is 11.6 Å². The molecular formula is C11H11N5. The first-order chi connectivity index (χ1) is 7.79. The first-order valence-corrected chi connectivity index (χ1v) is 4.84. The number of hydrogen-bond acceptors (Lipinski definition) is 4. The lowest BCUT2D eigenvalue weighted by Gasteiger charge is -2.16. The molecule has 2 aromatic heterocycles. The van der Waals surface area contributed by atoms with Crippen LogP contribution < -0.4 is 4.90 Å². The summed E-state index contributed by atoms with van der Waals surface area (Å²) in [6.07, 6.45) is 5.22. The van der Waals surface area contributed by atoms with Crippen LogP contribution in [-0.4, -0.2) is 22.0 Å². The fourth-order valence-corrected chi connectivity index (χ4v) is 1.43. The van der Waals surface area contributed by atoms with Crippen molar-refractivity contribution in [1.82, 2.24) is 15.0 Å². The Kier molecular flexibility index (Phi) is 2.83. The summed E-state index contributed by atoms with van der Waals surface area (Å²) in [5.74, 6) is 0.743. The van der Waals surface area contributed by atoms with Gasteiger partial charge in [0.1, 0.15) is 23.9 Å². The first-order valence-electron chi connectivity index (χ1n) is 4.84. The monoisotopic (exact) mass is 213 g/mol. The van der Waals surface area contributed by atoms with Gasteiger partial charge in [-0.1, -0.05) is 0 Å². The molecule has 1 N–H and O–H groups in total. The Labute approximate surface area is 93.4 Å². The quantitative estimate of drug-likeness (QED) is 0.834. The number of nitrogens with zero attached hydrogens (tertiary/aromatic N) is 4. The summed E-state index contributed by atoms with van der Waals surface area (Å²) in [5, 5.41) is 8.74. The summed E-state index contributed by atoms with van der Waals surface area (Å²) in [4.78, 5) is 12.9. The molecule has 2 heterocycles. The topological polar surface area (TPSA) is 68.6 Å². The Balaban J connectivity index is 2.15. The van der Waals surface area contributed by atoms with Crippen molar-refractivity contribution in [3.63, 3.8) is 0 Å². The van der Waals surface area contributed by atoms with Crippen molar-refractivity contribution in [2.24, 2.45) is 0 Å². The lowest BCUT2D eigenvalue weighted by atomic mass is 10.3.